The number of benzene rings is 2. The highest BCUT2D eigenvalue weighted by molar-refractivity contribution is 9.10. The number of nitrogens with one attached hydrogen (secondary N) is 2. The molecule has 2 aromatic rings. The van der Waals surface area contributed by atoms with Gasteiger partial charge in [-0.2, -0.15) is 0 Å². The number of anilines is 1. The summed E-state index contributed by atoms with van der Waals surface area (Å²) in [6.07, 6.45) is 3.47. The van der Waals surface area contributed by atoms with E-state index in [0.717, 1.165) is 15.7 Å². The zero-order valence-electron chi connectivity index (χ0n) is 13.6. The SMILES string of the molecule is CC(C)(C)c1ccc(NC(=O)N/C=C/c2cccc(Br)c2)cc1. The second-order valence-corrected chi connectivity index (χ2v) is 7.23. The fourth-order valence-electron chi connectivity index (χ4n) is 2.04. The Labute approximate surface area is 145 Å². The van der Waals surface area contributed by atoms with Crippen LogP contribution in [0.2, 0.25) is 0 Å². The normalized spacial score (nSPS) is 11.5. The molecule has 2 amide bonds. The lowest BCUT2D eigenvalue weighted by Gasteiger charge is -2.19. The largest absolute Gasteiger partial charge is 0.323 e. The monoisotopic (exact) mass is 372 g/mol. The number of carbonyl (C=O) groups excluding carboxylic acids is 1. The van der Waals surface area contributed by atoms with Gasteiger partial charge in [0.2, 0.25) is 0 Å². The third-order valence-corrected chi connectivity index (χ3v) is 3.84. The molecule has 0 saturated carbocycles. The molecule has 0 aliphatic rings. The Morgan fingerprint density at radius 3 is 2.39 bits per heavy atom. The van der Waals surface area contributed by atoms with Gasteiger partial charge in [0.1, 0.15) is 0 Å². The van der Waals surface area contributed by atoms with E-state index in [-0.39, 0.29) is 11.4 Å². The highest BCUT2D eigenvalue weighted by Gasteiger charge is 2.12. The fraction of sp³-hybridized carbons (Fsp3) is 0.211. The van der Waals surface area contributed by atoms with E-state index >= 15 is 0 Å². The van der Waals surface area contributed by atoms with Gasteiger partial charge in [-0.05, 0) is 46.9 Å². The number of halogens is 1. The van der Waals surface area contributed by atoms with Gasteiger partial charge < -0.3 is 10.6 Å². The Morgan fingerprint density at radius 1 is 1.09 bits per heavy atom. The highest BCUT2D eigenvalue weighted by Crippen LogP contribution is 2.23. The Kier molecular flexibility index (Phi) is 5.61. The van der Waals surface area contributed by atoms with Crippen molar-refractivity contribution in [2.45, 2.75) is 26.2 Å². The van der Waals surface area contributed by atoms with Crippen LogP contribution in [0.4, 0.5) is 10.5 Å². The van der Waals surface area contributed by atoms with Gasteiger partial charge in [-0.3, -0.25) is 0 Å². The lowest BCUT2D eigenvalue weighted by molar-refractivity contribution is 0.255. The minimum Gasteiger partial charge on any atom is -0.314 e. The first-order chi connectivity index (χ1) is 10.8. The van der Waals surface area contributed by atoms with E-state index in [2.05, 4.69) is 47.3 Å². The van der Waals surface area contributed by atoms with Crippen LogP contribution >= 0.6 is 15.9 Å². The molecule has 0 heterocycles. The van der Waals surface area contributed by atoms with Gasteiger partial charge in [0.15, 0.2) is 0 Å². The molecule has 0 bridgehead atoms. The molecular formula is C19H21BrN2O. The van der Waals surface area contributed by atoms with Crippen molar-refractivity contribution in [3.63, 3.8) is 0 Å². The molecule has 4 heteroatoms. The summed E-state index contributed by atoms with van der Waals surface area (Å²) in [4.78, 5) is 11.9. The van der Waals surface area contributed by atoms with Crippen LogP contribution in [0, 0.1) is 0 Å². The zero-order chi connectivity index (χ0) is 16.9. The maximum atomic E-state index is 11.9. The topological polar surface area (TPSA) is 41.1 Å². The van der Waals surface area contributed by atoms with Crippen LogP contribution in [-0.4, -0.2) is 6.03 Å². The summed E-state index contributed by atoms with van der Waals surface area (Å²) in [5.41, 5.74) is 3.12. The van der Waals surface area contributed by atoms with Crippen LogP contribution in [-0.2, 0) is 5.41 Å². The first-order valence-corrected chi connectivity index (χ1v) is 8.24. The van der Waals surface area contributed by atoms with Gasteiger partial charge in [-0.25, -0.2) is 4.79 Å². The second kappa shape index (κ2) is 7.47. The van der Waals surface area contributed by atoms with Gasteiger partial charge in [0.05, 0.1) is 0 Å². The van der Waals surface area contributed by atoms with Crippen LogP contribution in [0.25, 0.3) is 6.08 Å². The van der Waals surface area contributed by atoms with Gasteiger partial charge in [-0.15, -0.1) is 0 Å². The third kappa shape index (κ3) is 5.57. The Hall–Kier alpha value is -2.07. The van der Waals surface area contributed by atoms with E-state index in [4.69, 9.17) is 0 Å². The first-order valence-electron chi connectivity index (χ1n) is 7.45. The van der Waals surface area contributed by atoms with Crippen LogP contribution in [0.1, 0.15) is 31.9 Å². The van der Waals surface area contributed by atoms with Gasteiger partial charge >= 0.3 is 6.03 Å². The second-order valence-electron chi connectivity index (χ2n) is 6.31. The maximum Gasteiger partial charge on any atom is 0.323 e. The number of hydrogen-bond acceptors (Lipinski definition) is 1. The molecule has 0 saturated heterocycles. The number of urea groups is 1. The molecule has 0 radical (unpaired) electrons. The average molecular weight is 373 g/mol. The molecule has 2 rings (SSSR count). The molecule has 2 aromatic carbocycles. The smallest absolute Gasteiger partial charge is 0.314 e. The summed E-state index contributed by atoms with van der Waals surface area (Å²) < 4.78 is 1.00. The molecule has 0 spiro atoms. The predicted octanol–water partition coefficient (Wildman–Crippen LogP) is 5.54. The summed E-state index contributed by atoms with van der Waals surface area (Å²) in [5.74, 6) is 0. The molecule has 0 aliphatic heterocycles. The summed E-state index contributed by atoms with van der Waals surface area (Å²) in [7, 11) is 0. The van der Waals surface area contributed by atoms with E-state index in [1.54, 1.807) is 6.20 Å². The number of hydrogen-bond donors (Lipinski definition) is 2. The molecule has 2 N–H and O–H groups in total. The molecule has 0 atom stereocenters. The predicted molar refractivity (Wildman–Crippen MR) is 100 cm³/mol. The Morgan fingerprint density at radius 2 is 1.78 bits per heavy atom. The van der Waals surface area contributed by atoms with Crippen molar-refractivity contribution < 1.29 is 4.79 Å². The fourth-order valence-corrected chi connectivity index (χ4v) is 2.46. The number of amides is 2. The van der Waals surface area contributed by atoms with Crippen LogP contribution < -0.4 is 10.6 Å². The van der Waals surface area contributed by atoms with E-state index in [1.165, 1.54) is 5.56 Å². The lowest BCUT2D eigenvalue weighted by atomic mass is 9.87. The maximum absolute atomic E-state index is 11.9. The minimum atomic E-state index is -0.264. The van der Waals surface area contributed by atoms with Crippen molar-refractivity contribution in [3.8, 4) is 0 Å². The first kappa shape index (κ1) is 17.3. The van der Waals surface area contributed by atoms with Gasteiger partial charge in [0, 0.05) is 16.4 Å². The van der Waals surface area contributed by atoms with Crippen LogP contribution in [0.3, 0.4) is 0 Å². The molecule has 0 aromatic heterocycles. The Bertz CT molecular complexity index is 700. The summed E-state index contributed by atoms with van der Waals surface area (Å²) in [6.45, 7) is 6.48. The molecule has 0 aliphatic carbocycles. The highest BCUT2D eigenvalue weighted by atomic mass is 79.9. The standard InChI is InChI=1S/C19H21BrN2O/c1-19(2,3)15-7-9-17(10-8-15)22-18(23)21-12-11-14-5-4-6-16(20)13-14/h4-13H,1-3H3,(H2,21,22,23)/b12-11+. The average Bonchev–Trinajstić information content (AvgIpc) is 2.47. The molecule has 23 heavy (non-hydrogen) atoms. The Balaban J connectivity index is 1.90. The zero-order valence-corrected chi connectivity index (χ0v) is 15.1. The van der Waals surface area contributed by atoms with Crippen molar-refractivity contribution in [1.29, 1.82) is 0 Å². The van der Waals surface area contributed by atoms with Crippen LogP contribution in [0.5, 0.6) is 0 Å². The quantitative estimate of drug-likeness (QED) is 0.729. The van der Waals surface area contributed by atoms with Crippen molar-refractivity contribution in [3.05, 3.63) is 70.3 Å². The lowest BCUT2D eigenvalue weighted by Crippen LogP contribution is -2.23. The van der Waals surface area contributed by atoms with Crippen molar-refractivity contribution >= 4 is 33.7 Å². The number of rotatable bonds is 3. The van der Waals surface area contributed by atoms with Crippen molar-refractivity contribution in [2.75, 3.05) is 5.32 Å². The van der Waals surface area contributed by atoms with Crippen molar-refractivity contribution in [1.82, 2.24) is 5.32 Å². The van der Waals surface area contributed by atoms with E-state index in [1.807, 2.05) is 54.6 Å². The van der Waals surface area contributed by atoms with Gasteiger partial charge in [-0.1, -0.05) is 61.0 Å². The molecule has 3 nitrogen and oxygen atoms in total. The molecular weight excluding hydrogens is 352 g/mol. The number of carbonyl (C=O) groups is 1. The van der Waals surface area contributed by atoms with Gasteiger partial charge in [0.25, 0.3) is 0 Å². The van der Waals surface area contributed by atoms with E-state index in [0.29, 0.717) is 0 Å². The van der Waals surface area contributed by atoms with E-state index in [9.17, 15) is 4.79 Å². The molecule has 0 fully saturated rings. The van der Waals surface area contributed by atoms with Crippen molar-refractivity contribution in [2.24, 2.45) is 0 Å². The summed E-state index contributed by atoms with van der Waals surface area (Å²) in [5, 5.41) is 5.51. The van der Waals surface area contributed by atoms with E-state index < -0.39 is 0 Å². The van der Waals surface area contributed by atoms with Crippen LogP contribution in [0.15, 0.2) is 59.2 Å². The third-order valence-electron chi connectivity index (χ3n) is 3.35. The molecule has 0 unspecified atom stereocenters. The minimum absolute atomic E-state index is 0.105. The molecule has 120 valence electrons. The summed E-state index contributed by atoms with van der Waals surface area (Å²) in [6, 6.07) is 15.5. The summed E-state index contributed by atoms with van der Waals surface area (Å²) >= 11 is 3.41.